The molecule has 0 unspecified atom stereocenters. The van der Waals surface area contributed by atoms with E-state index in [1.807, 2.05) is 0 Å². The highest BCUT2D eigenvalue weighted by Crippen LogP contribution is 1.94. The largest absolute Gasteiger partial charge is 0.393 e. The summed E-state index contributed by atoms with van der Waals surface area (Å²) in [4.78, 5) is 21.5. The fourth-order valence-corrected chi connectivity index (χ4v) is 0.749. The molecule has 0 aliphatic carbocycles. The third kappa shape index (κ3) is 6.18. The van der Waals surface area contributed by atoms with E-state index >= 15 is 0 Å². The number of carbonyl (C=O) groups excluding carboxylic acids is 2. The van der Waals surface area contributed by atoms with Crippen LogP contribution in [0.2, 0.25) is 0 Å². The van der Waals surface area contributed by atoms with Crippen molar-refractivity contribution in [3.63, 3.8) is 0 Å². The first kappa shape index (κ1) is 11.4. The predicted molar refractivity (Wildman–Crippen MR) is 47.9 cm³/mol. The first-order valence-corrected chi connectivity index (χ1v) is 4.38. The molecule has 0 radical (unpaired) electrons. The third-order valence-corrected chi connectivity index (χ3v) is 1.35. The Morgan fingerprint density at radius 2 is 1.83 bits per heavy atom. The van der Waals surface area contributed by atoms with Crippen LogP contribution >= 0.6 is 12.6 Å². The molecule has 2 N–H and O–H groups in total. The lowest BCUT2D eigenvalue weighted by Gasteiger charge is -1.99. The smallest absolute Gasteiger partial charge is 0.314 e. The van der Waals surface area contributed by atoms with Gasteiger partial charge < -0.3 is 10.5 Å². The van der Waals surface area contributed by atoms with Crippen LogP contribution in [0.3, 0.4) is 0 Å². The van der Waals surface area contributed by atoms with Gasteiger partial charge in [-0.2, -0.15) is 12.6 Å². The third-order valence-electron chi connectivity index (χ3n) is 1.13. The van der Waals surface area contributed by atoms with E-state index in [1.54, 1.807) is 0 Å². The molecule has 0 fully saturated rings. The molecule has 0 aromatic carbocycles. The number of hydrogen-bond donors (Lipinski definition) is 2. The van der Waals surface area contributed by atoms with Gasteiger partial charge in [-0.1, -0.05) is 0 Å². The summed E-state index contributed by atoms with van der Waals surface area (Å²) in [6, 6.07) is 0. The van der Waals surface area contributed by atoms with Crippen molar-refractivity contribution < 1.29 is 14.3 Å². The van der Waals surface area contributed by atoms with E-state index in [-0.39, 0.29) is 12.8 Å². The molecule has 0 atom stereocenters. The molecule has 0 saturated heterocycles. The SMILES string of the molecule is NCCCC(=O)OC(=O)CCS. The van der Waals surface area contributed by atoms with Crippen LogP contribution in [-0.2, 0) is 14.3 Å². The summed E-state index contributed by atoms with van der Waals surface area (Å²) in [7, 11) is 0. The van der Waals surface area contributed by atoms with Crippen molar-refractivity contribution in [2.75, 3.05) is 12.3 Å². The number of nitrogens with two attached hydrogens (primary N) is 1. The highest BCUT2D eigenvalue weighted by atomic mass is 32.1. The van der Waals surface area contributed by atoms with Gasteiger partial charge in [0.1, 0.15) is 0 Å². The number of hydrogen-bond acceptors (Lipinski definition) is 5. The number of thiol groups is 1. The van der Waals surface area contributed by atoms with E-state index < -0.39 is 11.9 Å². The monoisotopic (exact) mass is 191 g/mol. The fraction of sp³-hybridized carbons (Fsp3) is 0.714. The number of esters is 2. The van der Waals surface area contributed by atoms with Gasteiger partial charge in [0.25, 0.3) is 0 Å². The Morgan fingerprint density at radius 3 is 2.33 bits per heavy atom. The van der Waals surface area contributed by atoms with Gasteiger partial charge in [-0.05, 0) is 13.0 Å². The van der Waals surface area contributed by atoms with Crippen LogP contribution in [-0.4, -0.2) is 24.2 Å². The maximum atomic E-state index is 10.8. The first-order chi connectivity index (χ1) is 5.70. The summed E-state index contributed by atoms with van der Waals surface area (Å²) in [5.74, 6) is -0.637. The minimum atomic E-state index is -0.521. The summed E-state index contributed by atoms with van der Waals surface area (Å²) in [5, 5.41) is 0. The maximum Gasteiger partial charge on any atom is 0.314 e. The van der Waals surface area contributed by atoms with E-state index in [0.29, 0.717) is 18.7 Å². The molecule has 0 bridgehead atoms. The topological polar surface area (TPSA) is 69.4 Å². The molecule has 0 aromatic rings. The summed E-state index contributed by atoms with van der Waals surface area (Å²) < 4.78 is 4.41. The Morgan fingerprint density at radius 1 is 1.25 bits per heavy atom. The van der Waals surface area contributed by atoms with E-state index in [9.17, 15) is 9.59 Å². The predicted octanol–water partition coefficient (Wildman–Crippen LogP) is 0.115. The van der Waals surface area contributed by atoms with Crippen molar-refractivity contribution in [2.24, 2.45) is 5.73 Å². The van der Waals surface area contributed by atoms with Gasteiger partial charge in [-0.25, -0.2) is 0 Å². The van der Waals surface area contributed by atoms with E-state index in [2.05, 4.69) is 17.4 Å². The highest BCUT2D eigenvalue weighted by Gasteiger charge is 2.07. The van der Waals surface area contributed by atoms with Gasteiger partial charge in [0.05, 0.1) is 6.42 Å². The molecule has 0 aromatic heterocycles. The molecule has 0 aliphatic heterocycles. The minimum Gasteiger partial charge on any atom is -0.393 e. The van der Waals surface area contributed by atoms with Crippen LogP contribution in [0.1, 0.15) is 19.3 Å². The molecule has 0 rings (SSSR count). The van der Waals surface area contributed by atoms with Crippen LogP contribution in [0.5, 0.6) is 0 Å². The van der Waals surface area contributed by atoms with Crippen LogP contribution in [0.15, 0.2) is 0 Å². The van der Waals surface area contributed by atoms with Crippen molar-refractivity contribution >= 4 is 24.6 Å². The average molecular weight is 191 g/mol. The summed E-state index contributed by atoms with van der Waals surface area (Å²) in [6.07, 6.45) is 0.916. The normalized spacial score (nSPS) is 9.50. The molecule has 4 nitrogen and oxygen atoms in total. The van der Waals surface area contributed by atoms with Crippen LogP contribution in [0.25, 0.3) is 0 Å². The Kier molecular flexibility index (Phi) is 6.79. The Bertz CT molecular complexity index is 161. The van der Waals surface area contributed by atoms with Crippen LogP contribution in [0, 0.1) is 0 Å². The molecule has 70 valence electrons. The van der Waals surface area contributed by atoms with Gasteiger partial charge in [-0.15, -0.1) is 0 Å². The van der Waals surface area contributed by atoms with Crippen molar-refractivity contribution in [2.45, 2.75) is 19.3 Å². The first-order valence-electron chi connectivity index (χ1n) is 3.75. The zero-order chi connectivity index (χ0) is 9.40. The number of ether oxygens (including phenoxy) is 1. The van der Waals surface area contributed by atoms with Gasteiger partial charge in [-0.3, -0.25) is 9.59 Å². The van der Waals surface area contributed by atoms with Crippen molar-refractivity contribution in [1.29, 1.82) is 0 Å². The molecule has 0 heterocycles. The second-order valence-corrected chi connectivity index (χ2v) is 2.66. The molecular weight excluding hydrogens is 178 g/mol. The zero-order valence-electron chi connectivity index (χ0n) is 6.78. The lowest BCUT2D eigenvalue weighted by atomic mass is 10.3. The molecule has 0 saturated carbocycles. The van der Waals surface area contributed by atoms with Gasteiger partial charge in [0.15, 0.2) is 0 Å². The van der Waals surface area contributed by atoms with Crippen molar-refractivity contribution in [1.82, 2.24) is 0 Å². The summed E-state index contributed by atoms with van der Waals surface area (Å²) in [6.45, 7) is 0.426. The minimum absolute atomic E-state index is 0.164. The highest BCUT2D eigenvalue weighted by molar-refractivity contribution is 7.80. The number of carbonyl (C=O) groups is 2. The molecule has 0 spiro atoms. The molecule has 12 heavy (non-hydrogen) atoms. The van der Waals surface area contributed by atoms with E-state index in [4.69, 9.17) is 5.73 Å². The molecule has 0 amide bonds. The Hall–Kier alpha value is -0.550. The van der Waals surface area contributed by atoms with Crippen LogP contribution < -0.4 is 5.73 Å². The van der Waals surface area contributed by atoms with Crippen LogP contribution in [0.4, 0.5) is 0 Å². The standard InChI is InChI=1S/C7H13NO3S/c8-4-1-2-6(9)11-7(10)3-5-12/h12H,1-5,8H2. The molecule has 0 aliphatic rings. The van der Waals surface area contributed by atoms with E-state index in [1.165, 1.54) is 0 Å². The van der Waals surface area contributed by atoms with Gasteiger partial charge in [0.2, 0.25) is 0 Å². The van der Waals surface area contributed by atoms with Gasteiger partial charge >= 0.3 is 11.9 Å². The van der Waals surface area contributed by atoms with Crippen molar-refractivity contribution in [3.8, 4) is 0 Å². The maximum absolute atomic E-state index is 10.8. The summed E-state index contributed by atoms with van der Waals surface area (Å²) >= 11 is 3.82. The van der Waals surface area contributed by atoms with Gasteiger partial charge in [0, 0.05) is 12.2 Å². The second-order valence-electron chi connectivity index (χ2n) is 2.21. The number of rotatable bonds is 5. The Labute approximate surface area is 76.9 Å². The van der Waals surface area contributed by atoms with E-state index in [0.717, 1.165) is 0 Å². The summed E-state index contributed by atoms with van der Waals surface area (Å²) in [5.41, 5.74) is 5.16. The fourth-order valence-electron chi connectivity index (χ4n) is 0.567. The van der Waals surface area contributed by atoms with Crippen molar-refractivity contribution in [3.05, 3.63) is 0 Å². The molecule has 5 heteroatoms. The zero-order valence-corrected chi connectivity index (χ0v) is 7.68. The second kappa shape index (κ2) is 7.12. The molecular formula is C7H13NO3S. The quantitative estimate of drug-likeness (QED) is 0.368. The average Bonchev–Trinajstić information content (AvgIpc) is 2.01. The lowest BCUT2D eigenvalue weighted by Crippen LogP contribution is -2.13. The Balaban J connectivity index is 3.47. The lowest BCUT2D eigenvalue weighted by molar-refractivity contribution is -0.159.